The van der Waals surface area contributed by atoms with Gasteiger partial charge in [-0.3, -0.25) is 5.26 Å². The average molecular weight is 272 g/mol. The van der Waals surface area contributed by atoms with Crippen molar-refractivity contribution >= 4 is 24.6 Å². The normalized spacial score (nSPS) is 11.9. The van der Waals surface area contributed by atoms with Gasteiger partial charge in [0, 0.05) is 12.2 Å². The molecule has 6 nitrogen and oxygen atoms in total. The van der Waals surface area contributed by atoms with E-state index in [9.17, 15) is 4.79 Å². The Morgan fingerprint density at radius 2 is 2.11 bits per heavy atom. The predicted molar refractivity (Wildman–Crippen MR) is 70.4 cm³/mol. The largest absolute Gasteiger partial charge is 0.335 e. The summed E-state index contributed by atoms with van der Waals surface area (Å²) < 4.78 is 4.71. The van der Waals surface area contributed by atoms with Gasteiger partial charge in [-0.1, -0.05) is 12.1 Å². The van der Waals surface area contributed by atoms with Crippen LogP contribution >= 0.6 is 12.9 Å². The Morgan fingerprint density at radius 1 is 1.44 bits per heavy atom. The van der Waals surface area contributed by atoms with Crippen LogP contribution in [-0.2, 0) is 15.7 Å². The Balaban J connectivity index is 2.39. The minimum absolute atomic E-state index is 0.114. The number of carbonyl (C=O) groups excluding carboxylic acids is 1. The van der Waals surface area contributed by atoms with Gasteiger partial charge in [0.25, 0.3) is 0 Å². The smallest absolute Gasteiger partial charge is 0.319 e. The van der Waals surface area contributed by atoms with Crippen LogP contribution in [0.15, 0.2) is 24.3 Å². The molecule has 0 fully saturated rings. The molecule has 0 saturated heterocycles. The monoisotopic (exact) mass is 272 g/mol. The summed E-state index contributed by atoms with van der Waals surface area (Å²) in [4.78, 5) is 15.5. The van der Waals surface area contributed by atoms with E-state index in [0.717, 1.165) is 5.56 Å². The van der Waals surface area contributed by atoms with E-state index in [1.807, 2.05) is 0 Å². The van der Waals surface area contributed by atoms with Crippen molar-refractivity contribution in [2.75, 3.05) is 11.9 Å². The lowest BCUT2D eigenvalue weighted by Crippen LogP contribution is -2.34. The number of urea groups is 1. The Hall–Kier alpha value is -1.28. The number of hydrogen-bond donors (Lipinski definition) is 4. The molecule has 1 unspecified atom stereocenters. The van der Waals surface area contributed by atoms with E-state index in [0.29, 0.717) is 12.2 Å². The van der Waals surface area contributed by atoms with E-state index in [2.05, 4.69) is 28.4 Å². The highest BCUT2D eigenvalue weighted by atomic mass is 32.1. The van der Waals surface area contributed by atoms with Crippen molar-refractivity contribution in [1.82, 2.24) is 5.32 Å². The molecule has 0 aliphatic carbocycles. The fraction of sp³-hybridized carbons (Fsp3) is 0.364. The SMILES string of the molecule is CC(CNC(=O)Nc1ccc(COO)cc1)OS. The van der Waals surface area contributed by atoms with E-state index in [1.54, 1.807) is 31.2 Å². The zero-order chi connectivity index (χ0) is 13.4. The molecule has 0 heterocycles. The second-order valence-electron chi connectivity index (χ2n) is 3.72. The first-order chi connectivity index (χ1) is 8.65. The fourth-order valence-electron chi connectivity index (χ4n) is 1.21. The fourth-order valence-corrected chi connectivity index (χ4v) is 1.28. The molecule has 0 radical (unpaired) electrons. The average Bonchev–Trinajstić information content (AvgIpc) is 2.38. The molecule has 0 saturated carbocycles. The third kappa shape index (κ3) is 5.37. The second kappa shape index (κ2) is 7.93. The number of nitrogens with one attached hydrogen (secondary N) is 2. The summed E-state index contributed by atoms with van der Waals surface area (Å²) in [5.41, 5.74) is 1.45. The lowest BCUT2D eigenvalue weighted by molar-refractivity contribution is -0.253. The van der Waals surface area contributed by atoms with Gasteiger partial charge in [-0.2, -0.15) is 0 Å². The van der Waals surface area contributed by atoms with Gasteiger partial charge < -0.3 is 14.8 Å². The number of benzene rings is 1. The van der Waals surface area contributed by atoms with Crippen molar-refractivity contribution < 1.29 is 19.1 Å². The highest BCUT2D eigenvalue weighted by Crippen LogP contribution is 2.09. The van der Waals surface area contributed by atoms with Crippen LogP contribution in [0.2, 0.25) is 0 Å². The lowest BCUT2D eigenvalue weighted by atomic mass is 10.2. The van der Waals surface area contributed by atoms with Gasteiger partial charge >= 0.3 is 6.03 Å². The molecule has 0 aliphatic heterocycles. The predicted octanol–water partition coefficient (Wildman–Crippen LogP) is 2.05. The van der Waals surface area contributed by atoms with Crippen LogP contribution in [0.1, 0.15) is 12.5 Å². The van der Waals surface area contributed by atoms with Crippen molar-refractivity contribution in [2.24, 2.45) is 0 Å². The number of amides is 2. The van der Waals surface area contributed by atoms with Gasteiger partial charge in [-0.15, -0.1) is 0 Å². The standard InChI is InChI=1S/C11H16N2O4S/c1-8(17-18)6-12-11(14)13-10-4-2-9(3-5-10)7-16-15/h2-5,8,15,18H,6-7H2,1H3,(H2,12,13,14). The van der Waals surface area contributed by atoms with Crippen LogP contribution in [0.3, 0.4) is 0 Å². The number of thiol groups is 1. The zero-order valence-corrected chi connectivity index (χ0v) is 10.8. The maximum absolute atomic E-state index is 11.5. The molecule has 1 rings (SSSR count). The van der Waals surface area contributed by atoms with Crippen molar-refractivity contribution in [2.45, 2.75) is 19.6 Å². The Morgan fingerprint density at radius 3 is 2.67 bits per heavy atom. The minimum Gasteiger partial charge on any atom is -0.335 e. The third-order valence-corrected chi connectivity index (χ3v) is 2.53. The first-order valence-corrected chi connectivity index (χ1v) is 5.72. The van der Waals surface area contributed by atoms with Crippen molar-refractivity contribution in [3.05, 3.63) is 29.8 Å². The van der Waals surface area contributed by atoms with Crippen LogP contribution in [0.5, 0.6) is 0 Å². The number of hydrogen-bond acceptors (Lipinski definition) is 5. The molecule has 0 spiro atoms. The Bertz CT molecular complexity index is 372. The highest BCUT2D eigenvalue weighted by molar-refractivity contribution is 7.75. The molecular weight excluding hydrogens is 256 g/mol. The molecule has 100 valence electrons. The summed E-state index contributed by atoms with van der Waals surface area (Å²) in [7, 11) is 0. The summed E-state index contributed by atoms with van der Waals surface area (Å²) in [5.74, 6) is 0. The molecule has 0 aromatic heterocycles. The van der Waals surface area contributed by atoms with E-state index in [-0.39, 0.29) is 18.7 Å². The quantitative estimate of drug-likeness (QED) is 0.276. The first-order valence-electron chi connectivity index (χ1n) is 5.36. The van der Waals surface area contributed by atoms with Crippen LogP contribution in [0.25, 0.3) is 0 Å². The molecular formula is C11H16N2O4S. The topological polar surface area (TPSA) is 79.8 Å². The van der Waals surface area contributed by atoms with Gasteiger partial charge in [-0.05, 0) is 37.5 Å². The summed E-state index contributed by atoms with van der Waals surface area (Å²) in [5, 5.41) is 13.6. The van der Waals surface area contributed by atoms with E-state index in [1.165, 1.54) is 0 Å². The molecule has 0 aliphatic rings. The summed E-state index contributed by atoms with van der Waals surface area (Å²) >= 11 is 3.64. The Kier molecular flexibility index (Phi) is 6.51. The van der Waals surface area contributed by atoms with Crippen LogP contribution < -0.4 is 10.6 Å². The minimum atomic E-state index is -0.321. The van der Waals surface area contributed by atoms with Gasteiger partial charge in [0.05, 0.1) is 6.10 Å². The number of anilines is 1. The molecule has 3 N–H and O–H groups in total. The zero-order valence-electron chi connectivity index (χ0n) is 9.92. The van der Waals surface area contributed by atoms with Crippen molar-refractivity contribution in [3.63, 3.8) is 0 Å². The maximum atomic E-state index is 11.5. The summed E-state index contributed by atoms with van der Waals surface area (Å²) in [6, 6.07) is 6.59. The summed E-state index contributed by atoms with van der Waals surface area (Å²) in [6.07, 6.45) is -0.164. The van der Waals surface area contributed by atoms with Gasteiger partial charge in [0.1, 0.15) is 6.61 Å². The first kappa shape index (κ1) is 14.8. The molecule has 1 aromatic rings. The highest BCUT2D eigenvalue weighted by Gasteiger charge is 2.04. The van der Waals surface area contributed by atoms with E-state index in [4.69, 9.17) is 9.44 Å². The molecule has 1 atom stereocenters. The van der Waals surface area contributed by atoms with Crippen LogP contribution in [0.4, 0.5) is 10.5 Å². The molecule has 2 amide bonds. The molecule has 0 bridgehead atoms. The maximum Gasteiger partial charge on any atom is 0.319 e. The third-order valence-electron chi connectivity index (χ3n) is 2.17. The van der Waals surface area contributed by atoms with Crippen LogP contribution in [-0.4, -0.2) is 23.9 Å². The van der Waals surface area contributed by atoms with Crippen LogP contribution in [0, 0.1) is 0 Å². The lowest BCUT2D eigenvalue weighted by Gasteiger charge is -2.11. The van der Waals surface area contributed by atoms with Gasteiger partial charge in [-0.25, -0.2) is 9.68 Å². The van der Waals surface area contributed by atoms with Crippen molar-refractivity contribution in [3.8, 4) is 0 Å². The number of rotatable bonds is 6. The summed E-state index contributed by atoms with van der Waals surface area (Å²) in [6.45, 7) is 2.27. The number of carbonyl (C=O) groups is 1. The van der Waals surface area contributed by atoms with Gasteiger partial charge in [0.15, 0.2) is 0 Å². The van der Waals surface area contributed by atoms with E-state index < -0.39 is 0 Å². The Labute approximate surface area is 111 Å². The molecule has 1 aromatic carbocycles. The second-order valence-corrected chi connectivity index (χ2v) is 3.93. The molecule has 7 heteroatoms. The molecule has 18 heavy (non-hydrogen) atoms. The van der Waals surface area contributed by atoms with Gasteiger partial charge in [0.2, 0.25) is 0 Å². The van der Waals surface area contributed by atoms with E-state index >= 15 is 0 Å². The van der Waals surface area contributed by atoms with Crippen molar-refractivity contribution in [1.29, 1.82) is 0 Å².